The maximum atomic E-state index is 13.4. The Morgan fingerprint density at radius 3 is 2.50 bits per heavy atom. The van der Waals surface area contributed by atoms with Crippen molar-refractivity contribution in [1.82, 2.24) is 0 Å². The molecule has 0 aliphatic carbocycles. The van der Waals surface area contributed by atoms with Crippen LogP contribution in [0.5, 0.6) is 0 Å². The number of carboxylic acids is 1. The van der Waals surface area contributed by atoms with E-state index in [1.165, 1.54) is 12.1 Å². The quantitative estimate of drug-likeness (QED) is 0.890. The summed E-state index contributed by atoms with van der Waals surface area (Å²) in [6.45, 7) is 0. The number of hydrogen-bond donors (Lipinski definition) is 2. The van der Waals surface area contributed by atoms with Crippen LogP contribution in [0.1, 0.15) is 20.7 Å². The number of carbonyl (C=O) groups is 2. The molecule has 1 aromatic heterocycles. The first-order chi connectivity index (χ1) is 9.47. The van der Waals surface area contributed by atoms with E-state index in [2.05, 4.69) is 9.73 Å². The van der Waals surface area contributed by atoms with Crippen molar-refractivity contribution < 1.29 is 23.5 Å². The van der Waals surface area contributed by atoms with Gasteiger partial charge in [-0.15, -0.1) is 0 Å². The number of benzene rings is 1. The molecule has 6 nitrogen and oxygen atoms in total. The molecule has 0 unspecified atom stereocenters. The lowest BCUT2D eigenvalue weighted by Crippen LogP contribution is -2.13. The number of halogens is 1. The van der Waals surface area contributed by atoms with Gasteiger partial charge in [-0.25, -0.2) is 14.0 Å². The Balaban J connectivity index is 2.20. The van der Waals surface area contributed by atoms with Crippen LogP contribution in [0.4, 0.5) is 10.1 Å². The van der Waals surface area contributed by atoms with Crippen molar-refractivity contribution in [2.24, 2.45) is 0 Å². The Morgan fingerprint density at radius 1 is 1.20 bits per heavy atom. The van der Waals surface area contributed by atoms with E-state index in [4.69, 9.17) is 5.11 Å². The third-order valence-corrected chi connectivity index (χ3v) is 2.42. The van der Waals surface area contributed by atoms with Gasteiger partial charge in [0.05, 0.1) is 11.1 Å². The first-order valence-electron chi connectivity index (χ1n) is 5.40. The van der Waals surface area contributed by atoms with Crippen molar-refractivity contribution >= 4 is 17.6 Å². The van der Waals surface area contributed by atoms with Crippen LogP contribution in [0, 0.1) is 5.82 Å². The third kappa shape index (κ3) is 2.89. The Bertz CT molecular complexity index is 717. The van der Waals surface area contributed by atoms with Crippen LogP contribution in [-0.4, -0.2) is 17.0 Å². The first kappa shape index (κ1) is 13.5. The Morgan fingerprint density at radius 2 is 1.95 bits per heavy atom. The normalized spacial score (nSPS) is 10.1. The zero-order valence-electron chi connectivity index (χ0n) is 9.92. The average Bonchev–Trinajstić information content (AvgIpc) is 2.39. The molecule has 0 aliphatic rings. The van der Waals surface area contributed by atoms with Crippen LogP contribution in [0.2, 0.25) is 0 Å². The van der Waals surface area contributed by atoms with Gasteiger partial charge in [-0.1, -0.05) is 0 Å². The number of anilines is 1. The molecule has 0 atom stereocenters. The van der Waals surface area contributed by atoms with Crippen molar-refractivity contribution in [2.75, 3.05) is 5.32 Å². The molecule has 2 aromatic rings. The largest absolute Gasteiger partial charge is 0.478 e. The molecule has 0 saturated heterocycles. The molecule has 0 aliphatic heterocycles. The topological polar surface area (TPSA) is 96.6 Å². The summed E-state index contributed by atoms with van der Waals surface area (Å²) in [6.07, 6.45) is 0.972. The maximum absolute atomic E-state index is 13.4. The molecule has 0 bridgehead atoms. The summed E-state index contributed by atoms with van der Waals surface area (Å²) in [4.78, 5) is 33.1. The fourth-order valence-corrected chi connectivity index (χ4v) is 1.46. The second-order valence-electron chi connectivity index (χ2n) is 3.80. The van der Waals surface area contributed by atoms with E-state index in [1.54, 1.807) is 0 Å². The molecule has 102 valence electrons. The molecule has 20 heavy (non-hydrogen) atoms. The van der Waals surface area contributed by atoms with Crippen LogP contribution in [0.15, 0.2) is 45.8 Å². The van der Waals surface area contributed by atoms with Gasteiger partial charge >= 0.3 is 11.6 Å². The number of carbonyl (C=O) groups excluding carboxylic acids is 1. The molecule has 2 rings (SSSR count). The number of hydrogen-bond acceptors (Lipinski definition) is 4. The van der Waals surface area contributed by atoms with Gasteiger partial charge in [0.2, 0.25) is 0 Å². The summed E-state index contributed by atoms with van der Waals surface area (Å²) in [5.41, 5.74) is -0.928. The highest BCUT2D eigenvalue weighted by atomic mass is 19.1. The zero-order valence-corrected chi connectivity index (χ0v) is 9.92. The monoisotopic (exact) mass is 277 g/mol. The van der Waals surface area contributed by atoms with Crippen molar-refractivity contribution in [1.29, 1.82) is 0 Å². The predicted octanol–water partition coefficient (Wildman–Crippen LogP) is 1.73. The molecule has 7 heteroatoms. The Hall–Kier alpha value is -2.96. The van der Waals surface area contributed by atoms with E-state index in [9.17, 15) is 18.8 Å². The smallest absolute Gasteiger partial charge is 0.338 e. The minimum Gasteiger partial charge on any atom is -0.478 e. The lowest BCUT2D eigenvalue weighted by molar-refractivity contribution is 0.0692. The van der Waals surface area contributed by atoms with Gasteiger partial charge in [-0.05, 0) is 24.3 Å². The number of aromatic carboxylic acids is 1. The van der Waals surface area contributed by atoms with Crippen LogP contribution in [-0.2, 0) is 0 Å². The van der Waals surface area contributed by atoms with E-state index < -0.39 is 28.9 Å². The molecule has 2 N–H and O–H groups in total. The summed E-state index contributed by atoms with van der Waals surface area (Å²) in [6, 6.07) is 5.51. The summed E-state index contributed by atoms with van der Waals surface area (Å²) in [7, 11) is 0. The highest BCUT2D eigenvalue weighted by Crippen LogP contribution is 2.15. The summed E-state index contributed by atoms with van der Waals surface area (Å²) >= 11 is 0. The fraction of sp³-hybridized carbons (Fsp3) is 0. The van der Waals surface area contributed by atoms with Gasteiger partial charge in [-0.3, -0.25) is 4.79 Å². The molecule has 1 amide bonds. The third-order valence-electron chi connectivity index (χ3n) is 2.42. The predicted molar refractivity (Wildman–Crippen MR) is 66.3 cm³/mol. The molecule has 1 aromatic carbocycles. The molecular formula is C13H8FNO5. The van der Waals surface area contributed by atoms with E-state index >= 15 is 0 Å². The molecule has 0 spiro atoms. The highest BCUT2D eigenvalue weighted by Gasteiger charge is 2.12. The van der Waals surface area contributed by atoms with Crippen molar-refractivity contribution in [3.63, 3.8) is 0 Å². The van der Waals surface area contributed by atoms with Gasteiger partial charge in [-0.2, -0.15) is 0 Å². The molecule has 1 heterocycles. The minimum atomic E-state index is -1.40. The number of carboxylic acid groups (broad SMARTS) is 1. The summed E-state index contributed by atoms with van der Waals surface area (Å²) in [5.74, 6) is -2.98. The van der Waals surface area contributed by atoms with Crippen LogP contribution in [0.3, 0.4) is 0 Å². The van der Waals surface area contributed by atoms with E-state index in [-0.39, 0.29) is 11.3 Å². The zero-order chi connectivity index (χ0) is 14.7. The average molecular weight is 277 g/mol. The summed E-state index contributed by atoms with van der Waals surface area (Å²) in [5, 5.41) is 11.0. The lowest BCUT2D eigenvalue weighted by Gasteiger charge is -2.05. The molecule has 0 radical (unpaired) electrons. The van der Waals surface area contributed by atoms with E-state index in [1.807, 2.05) is 0 Å². The van der Waals surface area contributed by atoms with Gasteiger partial charge in [0.15, 0.2) is 0 Å². The summed E-state index contributed by atoms with van der Waals surface area (Å²) < 4.78 is 17.9. The maximum Gasteiger partial charge on any atom is 0.338 e. The van der Waals surface area contributed by atoms with Gasteiger partial charge in [0, 0.05) is 11.8 Å². The van der Waals surface area contributed by atoms with E-state index in [0.29, 0.717) is 0 Å². The number of amides is 1. The SMILES string of the molecule is O=C(Nc1ccc(C(=O)O)c(F)c1)c1ccc(=O)oc1. The molecule has 0 saturated carbocycles. The minimum absolute atomic E-state index is 0.0762. The first-order valence-corrected chi connectivity index (χ1v) is 5.40. The van der Waals surface area contributed by atoms with Crippen LogP contribution >= 0.6 is 0 Å². The highest BCUT2D eigenvalue weighted by molar-refractivity contribution is 6.04. The van der Waals surface area contributed by atoms with Gasteiger partial charge < -0.3 is 14.8 Å². The van der Waals surface area contributed by atoms with Crippen LogP contribution < -0.4 is 10.9 Å². The van der Waals surface area contributed by atoms with Gasteiger partial charge in [0.25, 0.3) is 5.91 Å². The molecule has 0 fully saturated rings. The van der Waals surface area contributed by atoms with Crippen molar-refractivity contribution in [2.45, 2.75) is 0 Å². The standard InChI is InChI=1S/C13H8FNO5/c14-10-5-8(2-3-9(10)13(18)19)15-12(17)7-1-4-11(16)20-6-7/h1-6H,(H,15,17)(H,18,19). The van der Waals surface area contributed by atoms with Gasteiger partial charge in [0.1, 0.15) is 12.1 Å². The van der Waals surface area contributed by atoms with Crippen molar-refractivity contribution in [3.8, 4) is 0 Å². The number of rotatable bonds is 3. The van der Waals surface area contributed by atoms with Crippen LogP contribution in [0.25, 0.3) is 0 Å². The van der Waals surface area contributed by atoms with E-state index in [0.717, 1.165) is 24.5 Å². The fourth-order valence-electron chi connectivity index (χ4n) is 1.46. The lowest BCUT2D eigenvalue weighted by atomic mass is 10.2. The second kappa shape index (κ2) is 5.35. The molecular weight excluding hydrogens is 269 g/mol. The Kier molecular flexibility index (Phi) is 3.60. The van der Waals surface area contributed by atoms with Crippen molar-refractivity contribution in [3.05, 3.63) is 64.0 Å². The Labute approximate surface area is 111 Å². The second-order valence-corrected chi connectivity index (χ2v) is 3.80. The number of nitrogens with one attached hydrogen (secondary N) is 1.